The predicted molar refractivity (Wildman–Crippen MR) is 65.4 cm³/mol. The second-order valence-corrected chi connectivity index (χ2v) is 4.38. The summed E-state index contributed by atoms with van der Waals surface area (Å²) in [5.74, 6) is 0. The molecule has 0 aliphatic carbocycles. The lowest BCUT2D eigenvalue weighted by atomic mass is 10.1. The molecule has 1 rings (SSSR count). The van der Waals surface area contributed by atoms with Crippen LogP contribution in [0.15, 0.2) is 41.4 Å². The molecule has 2 atom stereocenters. The van der Waals surface area contributed by atoms with Crippen molar-refractivity contribution in [3.8, 4) is 0 Å². The summed E-state index contributed by atoms with van der Waals surface area (Å²) in [6.07, 6.45) is 1.91. The van der Waals surface area contributed by atoms with Gasteiger partial charge in [0, 0.05) is 16.6 Å². The van der Waals surface area contributed by atoms with Crippen molar-refractivity contribution in [2.75, 3.05) is 0 Å². The van der Waals surface area contributed by atoms with Crippen LogP contribution in [-0.4, -0.2) is 6.04 Å². The summed E-state index contributed by atoms with van der Waals surface area (Å²) < 4.78 is 1.12. The molecule has 0 amide bonds. The predicted octanol–water partition coefficient (Wildman–Crippen LogP) is 3.67. The minimum absolute atomic E-state index is 0.341. The molecular formula is C12H16BrN. The summed E-state index contributed by atoms with van der Waals surface area (Å²) in [5, 5.41) is 3.43. The maximum atomic E-state index is 3.75. The molecule has 1 N–H and O–H groups in total. The molecule has 76 valence electrons. The molecule has 0 spiro atoms. The van der Waals surface area contributed by atoms with Gasteiger partial charge < -0.3 is 5.32 Å². The van der Waals surface area contributed by atoms with Crippen LogP contribution in [0.25, 0.3) is 0 Å². The Bertz CT molecular complexity index is 292. The average Bonchev–Trinajstić information content (AvgIpc) is 2.18. The fourth-order valence-electron chi connectivity index (χ4n) is 1.31. The molecule has 0 saturated carbocycles. The molecule has 0 bridgehead atoms. The first-order valence-electron chi connectivity index (χ1n) is 4.77. The minimum atomic E-state index is 0.341. The summed E-state index contributed by atoms with van der Waals surface area (Å²) in [7, 11) is 0. The van der Waals surface area contributed by atoms with Gasteiger partial charge in [-0.1, -0.05) is 34.1 Å². The zero-order chi connectivity index (χ0) is 10.6. The van der Waals surface area contributed by atoms with E-state index in [2.05, 4.69) is 65.9 Å². The van der Waals surface area contributed by atoms with E-state index in [-0.39, 0.29) is 0 Å². The third-order valence-electron chi connectivity index (χ3n) is 2.24. The number of hydrogen-bond donors (Lipinski definition) is 1. The van der Waals surface area contributed by atoms with Crippen molar-refractivity contribution in [1.82, 2.24) is 5.32 Å². The Morgan fingerprint density at radius 1 is 1.29 bits per heavy atom. The second kappa shape index (κ2) is 5.32. The van der Waals surface area contributed by atoms with E-state index in [1.165, 1.54) is 5.56 Å². The molecule has 2 heteroatoms. The van der Waals surface area contributed by atoms with Crippen molar-refractivity contribution >= 4 is 15.9 Å². The van der Waals surface area contributed by atoms with Gasteiger partial charge in [-0.05, 0) is 31.5 Å². The largest absolute Gasteiger partial charge is 0.304 e. The minimum Gasteiger partial charge on any atom is -0.304 e. The van der Waals surface area contributed by atoms with Gasteiger partial charge in [-0.3, -0.25) is 0 Å². The van der Waals surface area contributed by atoms with Crippen molar-refractivity contribution in [3.05, 3.63) is 47.0 Å². The van der Waals surface area contributed by atoms with Crippen LogP contribution in [0.4, 0.5) is 0 Å². The summed E-state index contributed by atoms with van der Waals surface area (Å²) in [6.45, 7) is 8.01. The van der Waals surface area contributed by atoms with Crippen molar-refractivity contribution in [2.45, 2.75) is 25.9 Å². The molecule has 1 aromatic carbocycles. The van der Waals surface area contributed by atoms with Crippen molar-refractivity contribution in [2.24, 2.45) is 0 Å². The van der Waals surface area contributed by atoms with E-state index in [1.807, 2.05) is 6.08 Å². The maximum Gasteiger partial charge on any atom is 0.0297 e. The van der Waals surface area contributed by atoms with Gasteiger partial charge >= 0.3 is 0 Å². The molecule has 0 heterocycles. The zero-order valence-electron chi connectivity index (χ0n) is 8.63. The van der Waals surface area contributed by atoms with Crippen LogP contribution in [0.2, 0.25) is 0 Å². The first kappa shape index (κ1) is 11.5. The molecule has 1 unspecified atom stereocenters. The number of rotatable bonds is 4. The lowest BCUT2D eigenvalue weighted by molar-refractivity contribution is 0.537. The highest BCUT2D eigenvalue weighted by molar-refractivity contribution is 9.10. The molecule has 0 aliphatic heterocycles. The van der Waals surface area contributed by atoms with Crippen LogP contribution in [0.5, 0.6) is 0 Å². The van der Waals surface area contributed by atoms with Crippen molar-refractivity contribution < 1.29 is 0 Å². The quantitative estimate of drug-likeness (QED) is 0.808. The lowest BCUT2D eigenvalue weighted by Crippen LogP contribution is -2.26. The van der Waals surface area contributed by atoms with Crippen LogP contribution in [-0.2, 0) is 0 Å². The highest BCUT2D eigenvalue weighted by Gasteiger charge is 2.06. The molecule has 0 aliphatic rings. The fourth-order valence-corrected chi connectivity index (χ4v) is 1.57. The van der Waals surface area contributed by atoms with E-state index in [9.17, 15) is 0 Å². The Balaban J connectivity index is 2.64. The third kappa shape index (κ3) is 3.28. The molecule has 0 aromatic heterocycles. The van der Waals surface area contributed by atoms with Crippen LogP contribution < -0.4 is 5.32 Å². The van der Waals surface area contributed by atoms with Gasteiger partial charge in [0.1, 0.15) is 0 Å². The normalized spacial score (nSPS) is 14.8. The Morgan fingerprint density at radius 3 is 2.36 bits per heavy atom. The Labute approximate surface area is 94.3 Å². The van der Waals surface area contributed by atoms with Gasteiger partial charge in [0.15, 0.2) is 0 Å². The Kier molecular flexibility index (Phi) is 4.36. The standard InChI is InChI=1S/C12H16BrN/c1-4-9(2)14-10(3)11-5-7-12(13)8-6-11/h4-10,14H,1H2,2-3H3/t9?,10-/m0/s1. The SMILES string of the molecule is C=CC(C)N[C@@H](C)c1ccc(Br)cc1. The van der Waals surface area contributed by atoms with Gasteiger partial charge in [-0.15, -0.1) is 6.58 Å². The van der Waals surface area contributed by atoms with Crippen LogP contribution in [0.3, 0.4) is 0 Å². The van der Waals surface area contributed by atoms with Gasteiger partial charge in [-0.2, -0.15) is 0 Å². The van der Waals surface area contributed by atoms with Gasteiger partial charge in [-0.25, -0.2) is 0 Å². The monoisotopic (exact) mass is 253 g/mol. The first-order valence-corrected chi connectivity index (χ1v) is 5.57. The van der Waals surface area contributed by atoms with Gasteiger partial charge in [0.2, 0.25) is 0 Å². The topological polar surface area (TPSA) is 12.0 Å². The summed E-state index contributed by atoms with van der Waals surface area (Å²) in [5.41, 5.74) is 1.29. The third-order valence-corrected chi connectivity index (χ3v) is 2.77. The number of nitrogens with one attached hydrogen (secondary N) is 1. The van der Waals surface area contributed by atoms with E-state index >= 15 is 0 Å². The molecule has 0 saturated heterocycles. The van der Waals surface area contributed by atoms with Crippen molar-refractivity contribution in [1.29, 1.82) is 0 Å². The second-order valence-electron chi connectivity index (χ2n) is 3.46. The zero-order valence-corrected chi connectivity index (χ0v) is 10.2. The van der Waals surface area contributed by atoms with E-state index in [0.29, 0.717) is 12.1 Å². The Morgan fingerprint density at radius 2 is 1.86 bits per heavy atom. The molecular weight excluding hydrogens is 238 g/mol. The molecule has 1 nitrogen and oxygen atoms in total. The number of hydrogen-bond acceptors (Lipinski definition) is 1. The van der Waals surface area contributed by atoms with Crippen LogP contribution >= 0.6 is 15.9 Å². The van der Waals surface area contributed by atoms with Gasteiger partial charge in [0.05, 0.1) is 0 Å². The van der Waals surface area contributed by atoms with E-state index < -0.39 is 0 Å². The number of benzene rings is 1. The van der Waals surface area contributed by atoms with Crippen molar-refractivity contribution in [3.63, 3.8) is 0 Å². The Hall–Kier alpha value is -0.600. The first-order chi connectivity index (χ1) is 6.63. The van der Waals surface area contributed by atoms with Crippen LogP contribution in [0.1, 0.15) is 25.5 Å². The van der Waals surface area contributed by atoms with E-state index in [4.69, 9.17) is 0 Å². The summed E-state index contributed by atoms with van der Waals surface area (Å²) in [6, 6.07) is 9.07. The summed E-state index contributed by atoms with van der Waals surface area (Å²) in [4.78, 5) is 0. The average molecular weight is 254 g/mol. The highest BCUT2D eigenvalue weighted by atomic mass is 79.9. The molecule has 0 radical (unpaired) electrons. The number of halogens is 1. The smallest absolute Gasteiger partial charge is 0.0297 e. The van der Waals surface area contributed by atoms with E-state index in [1.54, 1.807) is 0 Å². The fraction of sp³-hybridized carbons (Fsp3) is 0.333. The highest BCUT2D eigenvalue weighted by Crippen LogP contribution is 2.16. The molecule has 0 fully saturated rings. The maximum absolute atomic E-state index is 3.75. The lowest BCUT2D eigenvalue weighted by Gasteiger charge is -2.17. The molecule has 14 heavy (non-hydrogen) atoms. The summed E-state index contributed by atoms with van der Waals surface area (Å²) >= 11 is 3.42. The molecule has 1 aromatic rings. The van der Waals surface area contributed by atoms with E-state index in [0.717, 1.165) is 4.47 Å². The van der Waals surface area contributed by atoms with Gasteiger partial charge in [0.25, 0.3) is 0 Å². The van der Waals surface area contributed by atoms with Crippen LogP contribution in [0, 0.1) is 0 Å².